The van der Waals surface area contributed by atoms with Gasteiger partial charge in [-0.05, 0) is 35.7 Å². The fourth-order valence-corrected chi connectivity index (χ4v) is 2.62. The van der Waals surface area contributed by atoms with E-state index < -0.39 is 0 Å². The first-order valence-corrected chi connectivity index (χ1v) is 8.92. The Balaban J connectivity index is 1.80. The number of terminal acetylenes is 1. The number of aryl methyl sites for hydroxylation is 1. The van der Waals surface area contributed by atoms with Crippen LogP contribution in [0.15, 0.2) is 48.5 Å². The van der Waals surface area contributed by atoms with Gasteiger partial charge in [0.15, 0.2) is 11.5 Å². The van der Waals surface area contributed by atoms with E-state index in [1.807, 2.05) is 48.6 Å². The third-order valence-corrected chi connectivity index (χ3v) is 4.14. The zero-order valence-corrected chi connectivity index (χ0v) is 16.0. The molecule has 0 aliphatic heterocycles. The summed E-state index contributed by atoms with van der Waals surface area (Å²) in [5.74, 6) is 3.59. The van der Waals surface area contributed by atoms with Gasteiger partial charge < -0.3 is 14.8 Å². The van der Waals surface area contributed by atoms with Crippen molar-refractivity contribution in [1.82, 2.24) is 5.32 Å². The number of amides is 1. The number of methoxy groups -OCH3 is 1. The Morgan fingerprint density at radius 1 is 1.26 bits per heavy atom. The van der Waals surface area contributed by atoms with Crippen molar-refractivity contribution in [2.75, 3.05) is 20.3 Å². The van der Waals surface area contributed by atoms with E-state index in [0.717, 1.165) is 11.1 Å². The van der Waals surface area contributed by atoms with Gasteiger partial charge in [-0.1, -0.05) is 53.9 Å². The highest BCUT2D eigenvalue weighted by Gasteiger charge is 2.07. The highest BCUT2D eigenvalue weighted by atomic mass is 35.5. The summed E-state index contributed by atoms with van der Waals surface area (Å²) in [7, 11) is 1.57. The molecule has 1 N–H and O–H groups in total. The molecular weight excluding hydrogens is 362 g/mol. The SMILES string of the molecule is C#CCOc1ccc(CCC(=O)NCC=Cc2ccccc2Cl)cc1OC. The van der Waals surface area contributed by atoms with Crippen molar-refractivity contribution in [2.45, 2.75) is 12.8 Å². The molecule has 0 bridgehead atoms. The fourth-order valence-electron chi connectivity index (χ4n) is 2.42. The van der Waals surface area contributed by atoms with Crippen LogP contribution in [0.2, 0.25) is 5.02 Å². The van der Waals surface area contributed by atoms with E-state index in [-0.39, 0.29) is 12.5 Å². The Labute approximate surface area is 165 Å². The van der Waals surface area contributed by atoms with Crippen molar-refractivity contribution in [3.63, 3.8) is 0 Å². The molecule has 0 heterocycles. The van der Waals surface area contributed by atoms with Crippen molar-refractivity contribution < 1.29 is 14.3 Å². The highest BCUT2D eigenvalue weighted by molar-refractivity contribution is 6.32. The molecule has 140 valence electrons. The minimum absolute atomic E-state index is 0.0227. The molecule has 0 spiro atoms. The van der Waals surface area contributed by atoms with Gasteiger partial charge in [0.1, 0.15) is 6.61 Å². The molecular formula is C22H22ClNO3. The van der Waals surface area contributed by atoms with Crippen LogP contribution >= 0.6 is 11.6 Å². The van der Waals surface area contributed by atoms with Gasteiger partial charge in [0.2, 0.25) is 5.91 Å². The van der Waals surface area contributed by atoms with Crippen molar-refractivity contribution >= 4 is 23.6 Å². The van der Waals surface area contributed by atoms with E-state index in [4.69, 9.17) is 27.5 Å². The third-order valence-electron chi connectivity index (χ3n) is 3.80. The number of rotatable bonds is 9. The van der Waals surface area contributed by atoms with Crippen LogP contribution in [-0.2, 0) is 11.2 Å². The molecule has 27 heavy (non-hydrogen) atoms. The number of benzene rings is 2. The van der Waals surface area contributed by atoms with Crippen molar-refractivity contribution in [2.24, 2.45) is 0 Å². The summed E-state index contributed by atoms with van der Waals surface area (Å²) in [6.07, 6.45) is 9.95. The predicted octanol–water partition coefficient (Wildman–Crippen LogP) is 4.12. The Hall–Kier alpha value is -2.90. The second-order valence-electron chi connectivity index (χ2n) is 5.71. The summed E-state index contributed by atoms with van der Waals surface area (Å²) >= 11 is 6.08. The molecule has 2 aromatic carbocycles. The summed E-state index contributed by atoms with van der Waals surface area (Å²) in [5, 5.41) is 3.55. The molecule has 0 aromatic heterocycles. The average Bonchev–Trinajstić information content (AvgIpc) is 2.69. The number of carbonyl (C=O) groups excluding carboxylic acids is 1. The lowest BCUT2D eigenvalue weighted by molar-refractivity contribution is -0.120. The van der Waals surface area contributed by atoms with Crippen LogP contribution in [0.4, 0.5) is 0 Å². The zero-order chi connectivity index (χ0) is 19.5. The number of carbonyl (C=O) groups is 1. The minimum atomic E-state index is -0.0227. The number of hydrogen-bond acceptors (Lipinski definition) is 3. The van der Waals surface area contributed by atoms with Gasteiger partial charge in [-0.25, -0.2) is 0 Å². The average molecular weight is 384 g/mol. The van der Waals surface area contributed by atoms with Crippen LogP contribution in [0.3, 0.4) is 0 Å². The van der Waals surface area contributed by atoms with Crippen LogP contribution in [0.5, 0.6) is 11.5 Å². The smallest absolute Gasteiger partial charge is 0.220 e. The van der Waals surface area contributed by atoms with Crippen molar-refractivity contribution in [3.8, 4) is 23.8 Å². The molecule has 4 nitrogen and oxygen atoms in total. The maximum absolute atomic E-state index is 12.0. The summed E-state index contributed by atoms with van der Waals surface area (Å²) in [5.41, 5.74) is 1.91. The van der Waals surface area contributed by atoms with E-state index in [9.17, 15) is 4.79 Å². The number of hydrogen-bond donors (Lipinski definition) is 1. The van der Waals surface area contributed by atoms with E-state index in [1.54, 1.807) is 13.2 Å². The van der Waals surface area contributed by atoms with E-state index in [2.05, 4.69) is 11.2 Å². The molecule has 2 aromatic rings. The number of nitrogens with one attached hydrogen (secondary N) is 1. The second-order valence-corrected chi connectivity index (χ2v) is 6.11. The molecule has 0 atom stereocenters. The summed E-state index contributed by atoms with van der Waals surface area (Å²) in [6, 6.07) is 13.1. The van der Waals surface area contributed by atoms with Gasteiger partial charge in [0.05, 0.1) is 7.11 Å². The van der Waals surface area contributed by atoms with Gasteiger partial charge in [0.25, 0.3) is 0 Å². The summed E-state index contributed by atoms with van der Waals surface area (Å²) < 4.78 is 10.7. The predicted molar refractivity (Wildman–Crippen MR) is 109 cm³/mol. The van der Waals surface area contributed by atoms with Gasteiger partial charge in [0, 0.05) is 18.0 Å². The minimum Gasteiger partial charge on any atom is -0.493 e. The lowest BCUT2D eigenvalue weighted by Gasteiger charge is -2.10. The normalized spacial score (nSPS) is 10.4. The van der Waals surface area contributed by atoms with Gasteiger partial charge in [-0.3, -0.25) is 4.79 Å². The molecule has 0 saturated carbocycles. The lowest BCUT2D eigenvalue weighted by Crippen LogP contribution is -2.23. The van der Waals surface area contributed by atoms with Gasteiger partial charge in [-0.15, -0.1) is 6.42 Å². The molecule has 1 amide bonds. The van der Waals surface area contributed by atoms with Crippen molar-refractivity contribution in [1.29, 1.82) is 0 Å². The Morgan fingerprint density at radius 2 is 2.07 bits per heavy atom. The first-order chi connectivity index (χ1) is 13.1. The maximum Gasteiger partial charge on any atom is 0.220 e. The molecule has 0 fully saturated rings. The zero-order valence-electron chi connectivity index (χ0n) is 15.2. The Bertz CT molecular complexity index is 840. The quantitative estimate of drug-likeness (QED) is 0.662. The molecule has 0 aliphatic carbocycles. The molecule has 5 heteroatoms. The third kappa shape index (κ3) is 6.73. The summed E-state index contributed by atoms with van der Waals surface area (Å²) in [4.78, 5) is 12.0. The summed E-state index contributed by atoms with van der Waals surface area (Å²) in [6.45, 7) is 0.631. The van der Waals surface area contributed by atoms with Gasteiger partial charge in [-0.2, -0.15) is 0 Å². The van der Waals surface area contributed by atoms with Crippen LogP contribution in [0.1, 0.15) is 17.5 Å². The Kier molecular flexibility index (Phi) is 8.28. The Morgan fingerprint density at radius 3 is 2.81 bits per heavy atom. The monoisotopic (exact) mass is 383 g/mol. The van der Waals surface area contributed by atoms with E-state index >= 15 is 0 Å². The number of halogens is 1. The van der Waals surface area contributed by atoms with E-state index in [0.29, 0.717) is 35.9 Å². The highest BCUT2D eigenvalue weighted by Crippen LogP contribution is 2.28. The van der Waals surface area contributed by atoms with Crippen LogP contribution in [0.25, 0.3) is 6.08 Å². The first kappa shape index (κ1) is 20.4. The standard InChI is InChI=1S/C22H22ClNO3/c1-3-15-27-20-12-10-17(16-21(20)26-2)11-13-22(25)24-14-6-8-18-7-4-5-9-19(18)23/h1,4-10,12,16H,11,13-15H2,2H3,(H,24,25). The molecule has 0 unspecified atom stereocenters. The maximum atomic E-state index is 12.0. The van der Waals surface area contributed by atoms with E-state index in [1.165, 1.54) is 0 Å². The van der Waals surface area contributed by atoms with Gasteiger partial charge >= 0.3 is 0 Å². The first-order valence-electron chi connectivity index (χ1n) is 8.55. The van der Waals surface area contributed by atoms with Crippen molar-refractivity contribution in [3.05, 3.63) is 64.7 Å². The topological polar surface area (TPSA) is 47.6 Å². The molecule has 0 saturated heterocycles. The van der Waals surface area contributed by atoms with Crippen LogP contribution < -0.4 is 14.8 Å². The van der Waals surface area contributed by atoms with Crippen LogP contribution in [0, 0.1) is 12.3 Å². The largest absolute Gasteiger partial charge is 0.493 e. The molecule has 0 radical (unpaired) electrons. The number of ether oxygens (including phenoxy) is 2. The lowest BCUT2D eigenvalue weighted by atomic mass is 10.1. The second kappa shape index (κ2) is 10.9. The molecule has 0 aliphatic rings. The fraction of sp³-hybridized carbons (Fsp3) is 0.227. The molecule has 2 rings (SSSR count). The van der Waals surface area contributed by atoms with Crippen LogP contribution in [-0.4, -0.2) is 26.2 Å².